The summed E-state index contributed by atoms with van der Waals surface area (Å²) >= 11 is 0. The van der Waals surface area contributed by atoms with E-state index in [2.05, 4.69) is 15.2 Å². The van der Waals surface area contributed by atoms with Crippen molar-refractivity contribution in [2.45, 2.75) is 19.3 Å². The quantitative estimate of drug-likeness (QED) is 0.916. The first-order chi connectivity index (χ1) is 9.72. The number of rotatable bonds is 3. The zero-order chi connectivity index (χ0) is 13.9. The van der Waals surface area contributed by atoms with Gasteiger partial charge in [-0.3, -0.25) is 4.79 Å². The number of nitrogens with zero attached hydrogens (tertiary/aromatic N) is 4. The first-order valence-electron chi connectivity index (χ1n) is 6.78. The lowest BCUT2D eigenvalue weighted by atomic mass is 9.95. The lowest BCUT2D eigenvalue weighted by Crippen LogP contribution is -2.37. The summed E-state index contributed by atoms with van der Waals surface area (Å²) in [6.45, 7) is 1.54. The fraction of sp³-hybridized carbons (Fsp3) is 0.429. The molecule has 6 heteroatoms. The van der Waals surface area contributed by atoms with Crippen LogP contribution in [0.25, 0.3) is 11.0 Å². The van der Waals surface area contributed by atoms with Crippen LogP contribution >= 0.6 is 0 Å². The Morgan fingerprint density at radius 1 is 1.30 bits per heavy atom. The summed E-state index contributed by atoms with van der Waals surface area (Å²) in [7, 11) is 0. The monoisotopic (exact) mass is 272 g/mol. The number of piperidine rings is 1. The predicted molar refractivity (Wildman–Crippen MR) is 74.5 cm³/mol. The Bertz CT molecular complexity index is 631. The van der Waals surface area contributed by atoms with Gasteiger partial charge in [0.1, 0.15) is 5.52 Å². The van der Waals surface area contributed by atoms with Gasteiger partial charge in [0.25, 0.3) is 0 Å². The summed E-state index contributed by atoms with van der Waals surface area (Å²) in [5.41, 5.74) is 1.59. The number of carboxylic acids is 1. The SMILES string of the molecule is O=C(O)CC1CCCN(c2nnc3ccccc3n2)C1. The summed E-state index contributed by atoms with van der Waals surface area (Å²) in [6.07, 6.45) is 2.12. The molecule has 20 heavy (non-hydrogen) atoms. The molecule has 2 heterocycles. The highest BCUT2D eigenvalue weighted by Crippen LogP contribution is 2.23. The molecule has 1 aromatic heterocycles. The lowest BCUT2D eigenvalue weighted by molar-refractivity contribution is -0.138. The molecular formula is C14H16N4O2. The van der Waals surface area contributed by atoms with Crippen molar-refractivity contribution in [3.05, 3.63) is 24.3 Å². The van der Waals surface area contributed by atoms with Gasteiger partial charge in [0.2, 0.25) is 5.95 Å². The Balaban J connectivity index is 1.81. The van der Waals surface area contributed by atoms with Crippen molar-refractivity contribution in [2.24, 2.45) is 5.92 Å². The van der Waals surface area contributed by atoms with Crippen molar-refractivity contribution >= 4 is 23.0 Å². The van der Waals surface area contributed by atoms with Crippen molar-refractivity contribution in [1.82, 2.24) is 15.2 Å². The maximum absolute atomic E-state index is 10.8. The highest BCUT2D eigenvalue weighted by Gasteiger charge is 2.24. The highest BCUT2D eigenvalue weighted by atomic mass is 16.4. The maximum Gasteiger partial charge on any atom is 0.303 e. The normalized spacial score (nSPS) is 19.2. The predicted octanol–water partition coefficient (Wildman–Crippen LogP) is 1.72. The van der Waals surface area contributed by atoms with Crippen LogP contribution in [0.15, 0.2) is 24.3 Å². The first-order valence-corrected chi connectivity index (χ1v) is 6.78. The highest BCUT2D eigenvalue weighted by molar-refractivity contribution is 5.74. The van der Waals surface area contributed by atoms with Gasteiger partial charge in [-0.2, -0.15) is 0 Å². The van der Waals surface area contributed by atoms with E-state index >= 15 is 0 Å². The van der Waals surface area contributed by atoms with E-state index in [0.29, 0.717) is 12.5 Å². The fourth-order valence-corrected chi connectivity index (χ4v) is 2.67. The molecule has 1 aliphatic rings. The third-order valence-electron chi connectivity index (χ3n) is 3.61. The molecule has 0 bridgehead atoms. The van der Waals surface area contributed by atoms with Crippen LogP contribution in [0.2, 0.25) is 0 Å². The Hall–Kier alpha value is -2.24. The molecule has 0 saturated carbocycles. The lowest BCUT2D eigenvalue weighted by Gasteiger charge is -2.31. The number of para-hydroxylation sites is 1. The van der Waals surface area contributed by atoms with Crippen molar-refractivity contribution in [3.8, 4) is 0 Å². The van der Waals surface area contributed by atoms with Gasteiger partial charge in [-0.15, -0.1) is 10.2 Å². The van der Waals surface area contributed by atoms with Crippen LogP contribution in [-0.2, 0) is 4.79 Å². The maximum atomic E-state index is 10.8. The van der Waals surface area contributed by atoms with Crippen LogP contribution in [0.5, 0.6) is 0 Å². The van der Waals surface area contributed by atoms with Gasteiger partial charge in [0.15, 0.2) is 0 Å². The number of carbonyl (C=O) groups is 1. The van der Waals surface area contributed by atoms with E-state index in [1.54, 1.807) is 0 Å². The second-order valence-electron chi connectivity index (χ2n) is 5.15. The molecule has 1 unspecified atom stereocenters. The number of carboxylic acid groups (broad SMARTS) is 1. The topological polar surface area (TPSA) is 79.2 Å². The van der Waals surface area contributed by atoms with E-state index in [1.807, 2.05) is 29.2 Å². The molecule has 0 aliphatic carbocycles. The van der Waals surface area contributed by atoms with E-state index in [9.17, 15) is 4.79 Å². The molecule has 104 valence electrons. The summed E-state index contributed by atoms with van der Waals surface area (Å²) in [4.78, 5) is 17.4. The van der Waals surface area contributed by atoms with Gasteiger partial charge < -0.3 is 10.0 Å². The molecule has 0 amide bonds. The largest absolute Gasteiger partial charge is 0.481 e. The standard InChI is InChI=1S/C14H16N4O2/c19-13(20)8-10-4-3-7-18(9-10)14-15-11-5-1-2-6-12(11)16-17-14/h1-2,5-6,10H,3-4,7-9H2,(H,19,20). The molecule has 1 aliphatic heterocycles. The van der Waals surface area contributed by atoms with Crippen molar-refractivity contribution < 1.29 is 9.90 Å². The average Bonchev–Trinajstić information content (AvgIpc) is 2.46. The van der Waals surface area contributed by atoms with Crippen molar-refractivity contribution in [1.29, 1.82) is 0 Å². The summed E-state index contributed by atoms with van der Waals surface area (Å²) < 4.78 is 0. The second kappa shape index (κ2) is 5.40. The minimum Gasteiger partial charge on any atom is -0.481 e. The van der Waals surface area contributed by atoms with Crippen LogP contribution in [0.1, 0.15) is 19.3 Å². The third-order valence-corrected chi connectivity index (χ3v) is 3.61. The number of hydrogen-bond acceptors (Lipinski definition) is 5. The molecular weight excluding hydrogens is 256 g/mol. The van der Waals surface area contributed by atoms with Crippen LogP contribution in [0.3, 0.4) is 0 Å². The first kappa shape index (κ1) is 12.8. The molecule has 3 rings (SSSR count). The average molecular weight is 272 g/mol. The number of anilines is 1. The van der Waals surface area contributed by atoms with Crippen LogP contribution in [-0.4, -0.2) is 39.3 Å². The van der Waals surface area contributed by atoms with Crippen LogP contribution < -0.4 is 4.90 Å². The zero-order valence-electron chi connectivity index (χ0n) is 11.1. The Labute approximate surface area is 116 Å². The molecule has 0 spiro atoms. The molecule has 1 fully saturated rings. The van der Waals surface area contributed by atoms with E-state index in [-0.39, 0.29) is 12.3 Å². The van der Waals surface area contributed by atoms with Crippen LogP contribution in [0.4, 0.5) is 5.95 Å². The fourth-order valence-electron chi connectivity index (χ4n) is 2.67. The minimum atomic E-state index is -0.741. The molecule has 0 radical (unpaired) electrons. The smallest absolute Gasteiger partial charge is 0.303 e. The van der Waals surface area contributed by atoms with Gasteiger partial charge in [-0.25, -0.2) is 4.98 Å². The van der Waals surface area contributed by atoms with E-state index in [1.165, 1.54) is 0 Å². The van der Waals surface area contributed by atoms with Gasteiger partial charge >= 0.3 is 5.97 Å². The van der Waals surface area contributed by atoms with Crippen LogP contribution in [0, 0.1) is 5.92 Å². The molecule has 1 N–H and O–H groups in total. The Kier molecular flexibility index (Phi) is 3.45. The summed E-state index contributed by atoms with van der Waals surface area (Å²) in [5, 5.41) is 17.2. The Morgan fingerprint density at radius 3 is 2.90 bits per heavy atom. The third kappa shape index (κ3) is 2.68. The zero-order valence-corrected chi connectivity index (χ0v) is 11.1. The Morgan fingerprint density at radius 2 is 2.10 bits per heavy atom. The summed E-state index contributed by atoms with van der Waals surface area (Å²) in [6, 6.07) is 7.61. The second-order valence-corrected chi connectivity index (χ2v) is 5.15. The molecule has 1 saturated heterocycles. The summed E-state index contributed by atoms with van der Waals surface area (Å²) in [5.74, 6) is 0.0181. The molecule has 2 aromatic rings. The van der Waals surface area contributed by atoms with Crippen molar-refractivity contribution in [3.63, 3.8) is 0 Å². The number of benzene rings is 1. The molecule has 1 aromatic carbocycles. The van der Waals surface area contributed by atoms with E-state index in [4.69, 9.17) is 5.11 Å². The molecule has 6 nitrogen and oxygen atoms in total. The number of aromatic nitrogens is 3. The minimum absolute atomic E-state index is 0.163. The van der Waals surface area contributed by atoms with Gasteiger partial charge in [-0.05, 0) is 30.9 Å². The van der Waals surface area contributed by atoms with Gasteiger partial charge in [0, 0.05) is 19.5 Å². The van der Waals surface area contributed by atoms with E-state index in [0.717, 1.165) is 30.4 Å². The van der Waals surface area contributed by atoms with Gasteiger partial charge in [-0.1, -0.05) is 12.1 Å². The number of fused-ring (bicyclic) bond motifs is 1. The van der Waals surface area contributed by atoms with Crippen molar-refractivity contribution in [2.75, 3.05) is 18.0 Å². The van der Waals surface area contributed by atoms with E-state index < -0.39 is 5.97 Å². The molecule has 1 atom stereocenters. The number of aliphatic carboxylic acids is 1. The van der Waals surface area contributed by atoms with Gasteiger partial charge in [0.05, 0.1) is 5.52 Å². The number of hydrogen-bond donors (Lipinski definition) is 1.